The highest BCUT2D eigenvalue weighted by atomic mass is 79.9. The molecule has 8 nitrogen and oxygen atoms in total. The molecule has 1 fully saturated rings. The van der Waals surface area contributed by atoms with Gasteiger partial charge < -0.3 is 25.0 Å². The first-order valence-electron chi connectivity index (χ1n) is 14.0. The summed E-state index contributed by atoms with van der Waals surface area (Å²) in [6.07, 6.45) is 2.10. The van der Waals surface area contributed by atoms with E-state index in [1.807, 2.05) is 54.6 Å². The molecule has 1 aliphatic heterocycles. The molecule has 2 aliphatic rings. The van der Waals surface area contributed by atoms with Crippen LogP contribution in [0.2, 0.25) is 0 Å². The van der Waals surface area contributed by atoms with Crippen molar-refractivity contribution in [3.8, 4) is 5.75 Å². The van der Waals surface area contributed by atoms with E-state index in [0.717, 1.165) is 44.9 Å². The van der Waals surface area contributed by atoms with Gasteiger partial charge in [0.25, 0.3) is 0 Å². The van der Waals surface area contributed by atoms with Crippen molar-refractivity contribution >= 4 is 50.3 Å². The Morgan fingerprint density at radius 1 is 1.07 bits per heavy atom. The van der Waals surface area contributed by atoms with Crippen molar-refractivity contribution in [2.45, 2.75) is 70.7 Å². The molecule has 0 aromatic heterocycles. The highest BCUT2D eigenvalue weighted by molar-refractivity contribution is 9.10. The van der Waals surface area contributed by atoms with Crippen molar-refractivity contribution < 1.29 is 23.9 Å². The standard InChI is InChI=1S/C32H36BrN3O5/c1-32(2,3)41-31(39)35-28(20-9-10-20)29(37)34-25-15-11-19-7-5-6-8-26(19)36(30(25)38)18-24-23-14-13-22(33)17-21(23)12-16-27(24)40-4/h5-8,12-14,16-17,20,25,28H,9-11,15,18H2,1-4H3,(H,34,37)(H,35,39)/t25-,28-/m0/s1. The second-order valence-electron chi connectivity index (χ2n) is 11.7. The van der Waals surface area contributed by atoms with Crippen LogP contribution in [0.5, 0.6) is 5.75 Å². The third kappa shape index (κ3) is 6.67. The molecule has 0 bridgehead atoms. The molecule has 0 saturated heterocycles. The Labute approximate surface area is 248 Å². The summed E-state index contributed by atoms with van der Waals surface area (Å²) >= 11 is 3.55. The smallest absolute Gasteiger partial charge is 0.408 e. The van der Waals surface area contributed by atoms with Crippen molar-refractivity contribution in [2.75, 3.05) is 12.0 Å². The second kappa shape index (κ2) is 11.7. The fraction of sp³-hybridized carbons (Fsp3) is 0.406. The first-order chi connectivity index (χ1) is 19.5. The first-order valence-corrected chi connectivity index (χ1v) is 14.8. The number of nitrogens with one attached hydrogen (secondary N) is 2. The Kier molecular flexibility index (Phi) is 8.27. The molecule has 3 amide bonds. The molecule has 5 rings (SSSR count). The van der Waals surface area contributed by atoms with Gasteiger partial charge in [-0.2, -0.15) is 0 Å². The molecule has 1 aliphatic carbocycles. The lowest BCUT2D eigenvalue weighted by molar-refractivity contribution is -0.129. The molecule has 2 N–H and O–H groups in total. The predicted molar refractivity (Wildman–Crippen MR) is 162 cm³/mol. The van der Waals surface area contributed by atoms with Gasteiger partial charge in [-0.15, -0.1) is 0 Å². The Balaban J connectivity index is 1.44. The lowest BCUT2D eigenvalue weighted by Gasteiger charge is -2.29. The number of fused-ring (bicyclic) bond motifs is 2. The van der Waals surface area contributed by atoms with E-state index >= 15 is 0 Å². The maximum absolute atomic E-state index is 14.2. The van der Waals surface area contributed by atoms with E-state index in [1.54, 1.807) is 32.8 Å². The van der Waals surface area contributed by atoms with Crippen molar-refractivity contribution in [3.05, 3.63) is 70.2 Å². The van der Waals surface area contributed by atoms with Gasteiger partial charge in [0.2, 0.25) is 11.8 Å². The number of carbonyl (C=O) groups is 3. The number of methoxy groups -OCH3 is 1. The zero-order valence-electron chi connectivity index (χ0n) is 23.8. The van der Waals surface area contributed by atoms with E-state index in [4.69, 9.17) is 9.47 Å². The molecule has 3 aromatic carbocycles. The summed E-state index contributed by atoms with van der Waals surface area (Å²) in [6, 6.07) is 16.3. The van der Waals surface area contributed by atoms with E-state index in [0.29, 0.717) is 18.6 Å². The lowest BCUT2D eigenvalue weighted by Crippen LogP contribution is -2.55. The van der Waals surface area contributed by atoms with Gasteiger partial charge in [0, 0.05) is 15.7 Å². The number of aryl methyl sites for hydroxylation is 1. The topological polar surface area (TPSA) is 97.0 Å². The Morgan fingerprint density at radius 3 is 2.54 bits per heavy atom. The Bertz CT molecular complexity index is 1480. The summed E-state index contributed by atoms with van der Waals surface area (Å²) in [5.41, 5.74) is 2.05. The van der Waals surface area contributed by atoms with Crippen molar-refractivity contribution in [1.29, 1.82) is 0 Å². The van der Waals surface area contributed by atoms with Gasteiger partial charge in [-0.1, -0.05) is 46.3 Å². The minimum absolute atomic E-state index is 0.0240. The number of ether oxygens (including phenoxy) is 2. The third-order valence-corrected chi connectivity index (χ3v) is 7.99. The number of rotatable bonds is 7. The number of hydrogen-bond donors (Lipinski definition) is 2. The first kappa shape index (κ1) is 28.9. The quantitative estimate of drug-likeness (QED) is 0.343. The number of anilines is 1. The van der Waals surface area contributed by atoms with E-state index < -0.39 is 23.8 Å². The fourth-order valence-corrected chi connectivity index (χ4v) is 5.77. The van der Waals surface area contributed by atoms with Crippen molar-refractivity contribution in [1.82, 2.24) is 10.6 Å². The molecule has 0 unspecified atom stereocenters. The molecular weight excluding hydrogens is 586 g/mol. The highest BCUT2D eigenvalue weighted by Crippen LogP contribution is 2.36. The largest absolute Gasteiger partial charge is 0.496 e. The van der Waals surface area contributed by atoms with Gasteiger partial charge in [0.1, 0.15) is 23.4 Å². The number of para-hydroxylation sites is 1. The Hall–Kier alpha value is -3.59. The van der Waals surface area contributed by atoms with Crippen LogP contribution < -0.4 is 20.3 Å². The second-order valence-corrected chi connectivity index (χ2v) is 12.6. The summed E-state index contributed by atoms with van der Waals surface area (Å²) in [4.78, 5) is 42.0. The molecule has 2 atom stereocenters. The number of benzene rings is 3. The molecular formula is C32H36BrN3O5. The SMILES string of the molecule is COc1ccc2cc(Br)ccc2c1CN1C(=O)[C@@H](NC(=O)[C@@H](NC(=O)OC(C)(C)C)C2CC2)CCc2ccccc21. The van der Waals surface area contributed by atoms with Crippen LogP contribution >= 0.6 is 15.9 Å². The average Bonchev–Trinajstić information content (AvgIpc) is 3.77. The maximum Gasteiger partial charge on any atom is 0.408 e. The molecule has 0 radical (unpaired) electrons. The van der Waals surface area contributed by atoms with Crippen LogP contribution in [0, 0.1) is 5.92 Å². The molecule has 9 heteroatoms. The van der Waals surface area contributed by atoms with Crippen LogP contribution in [-0.2, 0) is 27.3 Å². The van der Waals surface area contributed by atoms with Gasteiger partial charge in [-0.3, -0.25) is 9.59 Å². The predicted octanol–water partition coefficient (Wildman–Crippen LogP) is 5.88. The zero-order valence-corrected chi connectivity index (χ0v) is 25.4. The number of halogens is 1. The van der Waals surface area contributed by atoms with Crippen LogP contribution in [0.4, 0.5) is 10.5 Å². The summed E-state index contributed by atoms with van der Waals surface area (Å²) < 4.78 is 12.1. The molecule has 41 heavy (non-hydrogen) atoms. The number of carbonyl (C=O) groups excluding carboxylic acids is 3. The van der Waals surface area contributed by atoms with Gasteiger partial charge in [0.05, 0.1) is 13.7 Å². The van der Waals surface area contributed by atoms with E-state index in [9.17, 15) is 14.4 Å². The molecule has 3 aromatic rings. The van der Waals surface area contributed by atoms with Gasteiger partial charge in [-0.05, 0) is 93.0 Å². The normalized spacial score (nSPS) is 17.8. The van der Waals surface area contributed by atoms with Crippen molar-refractivity contribution in [2.24, 2.45) is 5.92 Å². The Morgan fingerprint density at radius 2 is 1.83 bits per heavy atom. The average molecular weight is 623 g/mol. The number of nitrogens with zero attached hydrogens (tertiary/aromatic N) is 1. The summed E-state index contributed by atoms with van der Waals surface area (Å²) in [7, 11) is 1.63. The van der Waals surface area contributed by atoms with E-state index in [2.05, 4.69) is 26.6 Å². The van der Waals surface area contributed by atoms with E-state index in [1.165, 1.54) is 0 Å². The maximum atomic E-state index is 14.2. The fourth-order valence-electron chi connectivity index (χ4n) is 5.39. The summed E-state index contributed by atoms with van der Waals surface area (Å²) in [5.74, 6) is 0.141. The molecule has 216 valence electrons. The van der Waals surface area contributed by atoms with Crippen LogP contribution in [0.1, 0.15) is 51.2 Å². The monoisotopic (exact) mass is 621 g/mol. The van der Waals surface area contributed by atoms with Gasteiger partial charge >= 0.3 is 6.09 Å². The number of hydrogen-bond acceptors (Lipinski definition) is 5. The lowest BCUT2D eigenvalue weighted by atomic mass is 10.0. The molecule has 1 heterocycles. The molecule has 1 saturated carbocycles. The van der Waals surface area contributed by atoms with Gasteiger partial charge in [0.15, 0.2) is 0 Å². The van der Waals surface area contributed by atoms with Crippen LogP contribution in [0.15, 0.2) is 59.1 Å². The van der Waals surface area contributed by atoms with E-state index in [-0.39, 0.29) is 24.3 Å². The minimum Gasteiger partial charge on any atom is -0.496 e. The van der Waals surface area contributed by atoms with Crippen LogP contribution in [-0.4, -0.2) is 42.7 Å². The van der Waals surface area contributed by atoms with Gasteiger partial charge in [-0.25, -0.2) is 4.79 Å². The zero-order chi connectivity index (χ0) is 29.3. The van der Waals surface area contributed by atoms with Crippen molar-refractivity contribution in [3.63, 3.8) is 0 Å². The minimum atomic E-state index is -0.758. The highest BCUT2D eigenvalue weighted by Gasteiger charge is 2.40. The number of amides is 3. The molecule has 0 spiro atoms. The summed E-state index contributed by atoms with van der Waals surface area (Å²) in [6.45, 7) is 5.60. The summed E-state index contributed by atoms with van der Waals surface area (Å²) in [5, 5.41) is 7.74. The van der Waals surface area contributed by atoms with Crippen LogP contribution in [0.3, 0.4) is 0 Å². The number of alkyl carbamates (subject to hydrolysis) is 1. The van der Waals surface area contributed by atoms with Crippen LogP contribution in [0.25, 0.3) is 10.8 Å². The third-order valence-electron chi connectivity index (χ3n) is 7.50.